The first kappa shape index (κ1) is 21.9. The van der Waals surface area contributed by atoms with E-state index in [1.54, 1.807) is 24.3 Å². The highest BCUT2D eigenvalue weighted by Crippen LogP contribution is 2.31. The van der Waals surface area contributed by atoms with Crippen LogP contribution in [0.5, 0.6) is 5.88 Å². The zero-order chi connectivity index (χ0) is 23.7. The summed E-state index contributed by atoms with van der Waals surface area (Å²) in [6.07, 6.45) is -0.366. The lowest BCUT2D eigenvalue weighted by Gasteiger charge is -2.22. The van der Waals surface area contributed by atoms with Crippen LogP contribution < -0.4 is 14.8 Å². The predicted octanol–water partition coefficient (Wildman–Crippen LogP) is 5.11. The molecular formula is C26H24N4O3S. The second-order valence-electron chi connectivity index (χ2n) is 8.21. The van der Waals surface area contributed by atoms with E-state index in [2.05, 4.69) is 20.0 Å². The van der Waals surface area contributed by atoms with E-state index >= 15 is 0 Å². The van der Waals surface area contributed by atoms with Crippen molar-refractivity contribution in [2.24, 2.45) is 0 Å². The maximum atomic E-state index is 13.1. The van der Waals surface area contributed by atoms with Gasteiger partial charge in [-0.25, -0.2) is 18.1 Å². The minimum Gasteiger partial charge on any atom is -0.467 e. The highest BCUT2D eigenvalue weighted by atomic mass is 32.2. The third-order valence-electron chi connectivity index (χ3n) is 5.74. The van der Waals surface area contributed by atoms with Crippen molar-refractivity contribution in [1.82, 2.24) is 9.97 Å². The number of nitrogens with one attached hydrogen (secondary N) is 2. The van der Waals surface area contributed by atoms with Crippen LogP contribution in [0.4, 0.5) is 11.6 Å². The Morgan fingerprint density at radius 2 is 1.62 bits per heavy atom. The number of fused-ring (bicyclic) bond motifs is 4. The summed E-state index contributed by atoms with van der Waals surface area (Å²) in [6.45, 7) is 4.41. The van der Waals surface area contributed by atoms with E-state index < -0.39 is 10.0 Å². The molecule has 34 heavy (non-hydrogen) atoms. The molecule has 172 valence electrons. The standard InChI is InChI=1S/C26H24N4O3S/c1-17-8-6-9-18(2)25(17)22-15-24-29-26(28-22)30-34(31,32)21-13-7-12-20(14-21)27-16-23(33-24)19-10-4-3-5-11-19/h3-15,23,27H,16H2,1-2H3,(H,28,29,30)/t23-/m1/s1. The Morgan fingerprint density at radius 3 is 2.38 bits per heavy atom. The molecule has 0 radical (unpaired) electrons. The average Bonchev–Trinajstić information content (AvgIpc) is 2.81. The normalized spacial score (nSPS) is 16.7. The molecule has 1 aliphatic rings. The van der Waals surface area contributed by atoms with E-state index in [9.17, 15) is 8.42 Å². The van der Waals surface area contributed by atoms with Gasteiger partial charge in [-0.1, -0.05) is 54.6 Å². The van der Waals surface area contributed by atoms with Crippen molar-refractivity contribution in [2.75, 3.05) is 16.6 Å². The number of rotatable bonds is 2. The summed E-state index contributed by atoms with van der Waals surface area (Å²) in [5, 5.41) is 3.30. The van der Waals surface area contributed by atoms with Crippen molar-refractivity contribution in [3.63, 3.8) is 0 Å². The lowest BCUT2D eigenvalue weighted by molar-refractivity contribution is 0.210. The Kier molecular flexibility index (Phi) is 5.67. The van der Waals surface area contributed by atoms with Gasteiger partial charge in [0.15, 0.2) is 0 Å². The van der Waals surface area contributed by atoms with Gasteiger partial charge in [-0.3, -0.25) is 0 Å². The summed E-state index contributed by atoms with van der Waals surface area (Å²) in [5.41, 5.74) is 5.19. The molecule has 2 N–H and O–H groups in total. The molecule has 3 aromatic carbocycles. The van der Waals surface area contributed by atoms with Crippen molar-refractivity contribution in [1.29, 1.82) is 0 Å². The average molecular weight is 473 g/mol. The van der Waals surface area contributed by atoms with Gasteiger partial charge in [-0.15, -0.1) is 0 Å². The first-order valence-electron chi connectivity index (χ1n) is 10.9. The number of nitrogens with zero attached hydrogens (tertiary/aromatic N) is 2. The molecule has 2 heterocycles. The largest absolute Gasteiger partial charge is 0.467 e. The molecule has 0 fully saturated rings. The van der Waals surface area contributed by atoms with Crippen molar-refractivity contribution in [3.8, 4) is 17.1 Å². The third kappa shape index (κ3) is 4.45. The summed E-state index contributed by atoms with van der Waals surface area (Å²) in [5.74, 6) is 0.242. The number of aromatic nitrogens is 2. The van der Waals surface area contributed by atoms with Crippen molar-refractivity contribution in [3.05, 3.63) is 95.6 Å². The number of ether oxygens (including phenoxy) is 1. The van der Waals surface area contributed by atoms with E-state index in [-0.39, 0.29) is 22.8 Å². The first-order chi connectivity index (χ1) is 16.4. The third-order valence-corrected chi connectivity index (χ3v) is 7.06. The van der Waals surface area contributed by atoms with Gasteiger partial charge >= 0.3 is 0 Å². The fraction of sp³-hybridized carbons (Fsp3) is 0.154. The van der Waals surface area contributed by atoms with E-state index in [0.717, 1.165) is 22.3 Å². The summed E-state index contributed by atoms with van der Waals surface area (Å²) < 4.78 is 35.1. The van der Waals surface area contributed by atoms with Crippen LogP contribution >= 0.6 is 0 Å². The minimum absolute atomic E-state index is 0.0408. The van der Waals surface area contributed by atoms with Gasteiger partial charge in [-0.2, -0.15) is 4.98 Å². The second kappa shape index (κ2) is 8.79. The Labute approximate surface area is 198 Å². The van der Waals surface area contributed by atoms with E-state index in [4.69, 9.17) is 4.74 Å². The van der Waals surface area contributed by atoms with Crippen LogP contribution in [0.3, 0.4) is 0 Å². The molecule has 8 heteroatoms. The van der Waals surface area contributed by atoms with E-state index in [0.29, 0.717) is 17.9 Å². The van der Waals surface area contributed by atoms with Gasteiger partial charge in [-0.05, 0) is 48.7 Å². The number of hydrogen-bond donors (Lipinski definition) is 2. The molecule has 0 spiro atoms. The van der Waals surface area contributed by atoms with Crippen LogP contribution in [0.25, 0.3) is 11.3 Å². The predicted molar refractivity (Wildman–Crippen MR) is 132 cm³/mol. The van der Waals surface area contributed by atoms with Crippen molar-refractivity contribution in [2.45, 2.75) is 24.8 Å². The Bertz CT molecular complexity index is 1440. The number of hydrogen-bond acceptors (Lipinski definition) is 6. The summed E-state index contributed by atoms with van der Waals surface area (Å²) in [7, 11) is -3.90. The molecule has 1 aliphatic heterocycles. The number of benzene rings is 3. The topological polar surface area (TPSA) is 93.2 Å². The molecular weight excluding hydrogens is 448 g/mol. The molecule has 1 atom stereocenters. The Hall–Kier alpha value is -3.91. The van der Waals surface area contributed by atoms with Crippen molar-refractivity contribution < 1.29 is 13.2 Å². The van der Waals surface area contributed by atoms with Crippen LogP contribution in [0, 0.1) is 13.8 Å². The zero-order valence-corrected chi connectivity index (χ0v) is 19.6. The minimum atomic E-state index is -3.90. The van der Waals surface area contributed by atoms with Gasteiger partial charge < -0.3 is 10.1 Å². The molecule has 0 saturated heterocycles. The van der Waals surface area contributed by atoms with Crippen LogP contribution in [0.15, 0.2) is 83.8 Å². The molecule has 0 amide bonds. The van der Waals surface area contributed by atoms with Crippen LogP contribution in [0.1, 0.15) is 22.8 Å². The maximum absolute atomic E-state index is 13.1. The first-order valence-corrected chi connectivity index (χ1v) is 12.4. The van der Waals surface area contributed by atoms with Crippen LogP contribution in [-0.4, -0.2) is 24.9 Å². The highest BCUT2D eigenvalue weighted by Gasteiger charge is 2.22. The fourth-order valence-electron chi connectivity index (χ4n) is 4.08. The number of anilines is 2. The van der Waals surface area contributed by atoms with Crippen LogP contribution in [-0.2, 0) is 10.0 Å². The van der Waals surface area contributed by atoms with Gasteiger partial charge in [0.05, 0.1) is 17.1 Å². The van der Waals surface area contributed by atoms with Gasteiger partial charge in [0.2, 0.25) is 11.8 Å². The fourth-order valence-corrected chi connectivity index (χ4v) is 5.07. The van der Waals surface area contributed by atoms with Gasteiger partial charge in [0.25, 0.3) is 10.0 Å². The smallest absolute Gasteiger partial charge is 0.264 e. The highest BCUT2D eigenvalue weighted by molar-refractivity contribution is 7.92. The summed E-state index contributed by atoms with van der Waals surface area (Å²) in [4.78, 5) is 9.09. The van der Waals surface area contributed by atoms with Crippen molar-refractivity contribution >= 4 is 21.7 Å². The monoisotopic (exact) mass is 472 g/mol. The maximum Gasteiger partial charge on any atom is 0.264 e. The second-order valence-corrected chi connectivity index (χ2v) is 9.90. The molecule has 0 aliphatic carbocycles. The lowest BCUT2D eigenvalue weighted by Crippen LogP contribution is -2.21. The molecule has 4 aromatic rings. The summed E-state index contributed by atoms with van der Waals surface area (Å²) >= 11 is 0. The molecule has 0 unspecified atom stereocenters. The van der Waals surface area contributed by atoms with Crippen LogP contribution in [0.2, 0.25) is 0 Å². The molecule has 1 aromatic heterocycles. The lowest BCUT2D eigenvalue weighted by atomic mass is 10.00. The van der Waals surface area contributed by atoms with Gasteiger partial charge in [0, 0.05) is 17.3 Å². The Morgan fingerprint density at radius 1 is 0.882 bits per heavy atom. The number of aryl methyl sites for hydroxylation is 2. The van der Waals surface area contributed by atoms with E-state index in [1.165, 1.54) is 0 Å². The summed E-state index contributed by atoms with van der Waals surface area (Å²) in [6, 6.07) is 24.2. The van der Waals surface area contributed by atoms with E-state index in [1.807, 2.05) is 68.4 Å². The number of sulfonamides is 1. The molecule has 7 nitrogen and oxygen atoms in total. The molecule has 0 saturated carbocycles. The molecule has 5 rings (SSSR count). The molecule has 4 bridgehead atoms. The quantitative estimate of drug-likeness (QED) is 0.421. The Balaban J connectivity index is 1.68. The van der Waals surface area contributed by atoms with Gasteiger partial charge in [0.1, 0.15) is 6.10 Å². The zero-order valence-electron chi connectivity index (χ0n) is 18.8. The SMILES string of the molecule is Cc1cccc(C)c1-c1cc2nc(n1)NS(=O)(=O)c1cccc(c1)NC[C@H](c1ccccc1)O2.